The van der Waals surface area contributed by atoms with Crippen LogP contribution in [-0.2, 0) is 9.22 Å². The Morgan fingerprint density at radius 1 is 1.45 bits per heavy atom. The Labute approximate surface area is 124 Å². The Kier molecular flexibility index (Phi) is 7.14. The van der Waals surface area contributed by atoms with Crippen molar-refractivity contribution in [1.82, 2.24) is 5.32 Å². The topological polar surface area (TPSA) is 58.6 Å². The largest absolute Gasteiger partial charge is 0.480 e. The van der Waals surface area contributed by atoms with E-state index in [4.69, 9.17) is 4.43 Å². The Balaban J connectivity index is 5.33. The normalized spacial score (nSPS) is 17.4. The minimum absolute atomic E-state index is 0.0515. The summed E-state index contributed by atoms with van der Waals surface area (Å²) in [6, 6.07) is -0.695. The van der Waals surface area contributed by atoms with Crippen molar-refractivity contribution in [2.24, 2.45) is 5.92 Å². The van der Waals surface area contributed by atoms with Crippen LogP contribution in [0.4, 0.5) is 0 Å². The molecular weight excluding hydrogens is 270 g/mol. The molecule has 0 radical (unpaired) electrons. The van der Waals surface area contributed by atoms with Crippen molar-refractivity contribution in [1.29, 1.82) is 0 Å². The lowest BCUT2D eigenvalue weighted by Gasteiger charge is -2.42. The lowest BCUT2D eigenvalue weighted by molar-refractivity contribution is -0.142. The molecule has 0 aliphatic heterocycles. The van der Waals surface area contributed by atoms with E-state index in [1.54, 1.807) is 7.05 Å². The van der Waals surface area contributed by atoms with E-state index in [9.17, 15) is 9.90 Å². The monoisotopic (exact) mass is 301 g/mol. The number of likely N-dealkylation sites (N-methyl/N-ethyl adjacent to an activating group) is 1. The number of hydrogen-bond acceptors (Lipinski definition) is 3. The Morgan fingerprint density at radius 3 is 2.25 bits per heavy atom. The molecule has 0 aliphatic rings. The van der Waals surface area contributed by atoms with Gasteiger partial charge in [-0.1, -0.05) is 33.8 Å². The second kappa shape index (κ2) is 7.38. The molecule has 118 valence electrons. The van der Waals surface area contributed by atoms with Gasteiger partial charge >= 0.3 is 5.97 Å². The minimum atomic E-state index is -2.02. The summed E-state index contributed by atoms with van der Waals surface area (Å²) in [4.78, 5) is 11.5. The quantitative estimate of drug-likeness (QED) is 0.534. The second-order valence-electron chi connectivity index (χ2n) is 6.95. The van der Waals surface area contributed by atoms with Crippen LogP contribution in [0.3, 0.4) is 0 Å². The number of carboxylic acids is 1. The standard InChI is InChI=1S/C15H31NO3Si/c1-9-10-11(2)13(12(16-6)14(17)18)19-20(7,8)15(3,4)5/h9,11-13,16H,1,10H2,2-8H3,(H,17,18)/t11-,12+,13-/m1/s1. The summed E-state index contributed by atoms with van der Waals surface area (Å²) < 4.78 is 6.38. The predicted molar refractivity (Wildman–Crippen MR) is 86.5 cm³/mol. The van der Waals surface area contributed by atoms with Gasteiger partial charge in [-0.3, -0.25) is 4.79 Å². The van der Waals surface area contributed by atoms with E-state index in [-0.39, 0.29) is 17.1 Å². The highest BCUT2D eigenvalue weighted by molar-refractivity contribution is 6.74. The van der Waals surface area contributed by atoms with Crippen molar-refractivity contribution in [2.45, 2.75) is 64.4 Å². The molecule has 0 aromatic heterocycles. The van der Waals surface area contributed by atoms with Crippen LogP contribution < -0.4 is 5.32 Å². The third-order valence-electron chi connectivity index (χ3n) is 4.24. The molecule has 0 rings (SSSR count). The van der Waals surface area contributed by atoms with Crippen LogP contribution in [0.15, 0.2) is 12.7 Å². The van der Waals surface area contributed by atoms with E-state index >= 15 is 0 Å². The molecule has 0 fully saturated rings. The van der Waals surface area contributed by atoms with Crippen molar-refractivity contribution in [3.63, 3.8) is 0 Å². The van der Waals surface area contributed by atoms with Gasteiger partial charge in [0.25, 0.3) is 0 Å². The van der Waals surface area contributed by atoms with Crippen molar-refractivity contribution in [3.8, 4) is 0 Å². The van der Waals surface area contributed by atoms with Gasteiger partial charge in [0.2, 0.25) is 0 Å². The molecule has 0 amide bonds. The molecule has 0 heterocycles. The molecule has 2 N–H and O–H groups in total. The maximum atomic E-state index is 11.5. The first-order valence-corrected chi connectivity index (χ1v) is 10.1. The molecule has 4 nitrogen and oxygen atoms in total. The summed E-state index contributed by atoms with van der Waals surface area (Å²) >= 11 is 0. The van der Waals surface area contributed by atoms with Gasteiger partial charge in [0.05, 0.1) is 6.10 Å². The van der Waals surface area contributed by atoms with Gasteiger partial charge in [0, 0.05) is 0 Å². The van der Waals surface area contributed by atoms with E-state index in [1.807, 2.05) is 13.0 Å². The first-order valence-electron chi connectivity index (χ1n) is 7.16. The summed E-state index contributed by atoms with van der Waals surface area (Å²) in [6.07, 6.45) is 2.21. The van der Waals surface area contributed by atoms with Crippen LogP contribution in [-0.4, -0.2) is 38.6 Å². The Morgan fingerprint density at radius 2 is 1.95 bits per heavy atom. The summed E-state index contributed by atoms with van der Waals surface area (Å²) in [5.74, 6) is -0.762. The summed E-state index contributed by atoms with van der Waals surface area (Å²) in [5, 5.41) is 12.3. The highest BCUT2D eigenvalue weighted by Crippen LogP contribution is 2.38. The Bertz CT molecular complexity index is 337. The third kappa shape index (κ3) is 5.03. The highest BCUT2D eigenvalue weighted by Gasteiger charge is 2.43. The fourth-order valence-corrected chi connectivity index (χ4v) is 3.26. The van der Waals surface area contributed by atoms with Crippen molar-refractivity contribution >= 4 is 14.3 Å². The van der Waals surface area contributed by atoms with E-state index in [0.29, 0.717) is 0 Å². The van der Waals surface area contributed by atoms with Crippen LogP contribution in [0.5, 0.6) is 0 Å². The molecule has 0 bridgehead atoms. The van der Waals surface area contributed by atoms with Gasteiger partial charge in [0.15, 0.2) is 8.32 Å². The number of nitrogens with one attached hydrogen (secondary N) is 1. The Hall–Kier alpha value is -0.653. The minimum Gasteiger partial charge on any atom is -0.480 e. The van der Waals surface area contributed by atoms with E-state index < -0.39 is 20.3 Å². The van der Waals surface area contributed by atoms with Gasteiger partial charge in [-0.05, 0) is 37.5 Å². The first kappa shape index (κ1) is 19.3. The van der Waals surface area contributed by atoms with Crippen LogP contribution >= 0.6 is 0 Å². The van der Waals surface area contributed by atoms with Crippen molar-refractivity contribution in [2.75, 3.05) is 7.05 Å². The van der Waals surface area contributed by atoms with E-state index in [2.05, 4.69) is 45.8 Å². The molecule has 0 aromatic carbocycles. The SMILES string of the molecule is C=CC[C@@H](C)[C@@H](O[Si](C)(C)C(C)(C)C)[C@H](NC)C(=O)O. The van der Waals surface area contributed by atoms with Crippen molar-refractivity contribution in [3.05, 3.63) is 12.7 Å². The summed E-state index contributed by atoms with van der Waals surface area (Å²) in [6.45, 7) is 16.5. The number of carboxylic acid groups (broad SMARTS) is 1. The molecule has 0 saturated carbocycles. The molecule has 0 spiro atoms. The predicted octanol–water partition coefficient (Wildman–Crippen LogP) is 3.26. The zero-order valence-corrected chi connectivity index (χ0v) is 15.0. The number of hydrogen-bond donors (Lipinski definition) is 2. The highest BCUT2D eigenvalue weighted by atomic mass is 28.4. The zero-order valence-electron chi connectivity index (χ0n) is 14.0. The molecule has 3 atom stereocenters. The molecular formula is C15H31NO3Si. The van der Waals surface area contributed by atoms with Crippen molar-refractivity contribution < 1.29 is 14.3 Å². The lowest BCUT2D eigenvalue weighted by atomic mass is 9.95. The summed E-state index contributed by atoms with van der Waals surface area (Å²) in [7, 11) is -0.354. The van der Waals surface area contributed by atoms with E-state index in [1.165, 1.54) is 0 Å². The number of carbonyl (C=O) groups is 1. The fourth-order valence-electron chi connectivity index (χ4n) is 1.85. The number of aliphatic carboxylic acids is 1. The molecule has 5 heteroatoms. The van der Waals surface area contributed by atoms with Gasteiger partial charge in [-0.15, -0.1) is 6.58 Å². The number of allylic oxidation sites excluding steroid dienone is 1. The second-order valence-corrected chi connectivity index (χ2v) is 11.7. The van der Waals surface area contributed by atoms with Gasteiger partial charge in [-0.25, -0.2) is 0 Å². The first-order chi connectivity index (χ1) is 8.97. The lowest BCUT2D eigenvalue weighted by Crippen LogP contribution is -2.55. The van der Waals surface area contributed by atoms with Crippen LogP contribution in [0, 0.1) is 5.92 Å². The van der Waals surface area contributed by atoms with Gasteiger partial charge in [0.1, 0.15) is 6.04 Å². The van der Waals surface area contributed by atoms with Crippen LogP contribution in [0.1, 0.15) is 34.1 Å². The average molecular weight is 302 g/mol. The maximum Gasteiger partial charge on any atom is 0.323 e. The summed E-state index contributed by atoms with van der Waals surface area (Å²) in [5.41, 5.74) is 0. The van der Waals surface area contributed by atoms with Crippen LogP contribution in [0.25, 0.3) is 0 Å². The molecule has 20 heavy (non-hydrogen) atoms. The van der Waals surface area contributed by atoms with Gasteiger partial charge < -0.3 is 14.8 Å². The molecule has 0 aliphatic carbocycles. The van der Waals surface area contributed by atoms with Gasteiger partial charge in [-0.2, -0.15) is 0 Å². The number of rotatable bonds is 8. The smallest absolute Gasteiger partial charge is 0.323 e. The third-order valence-corrected chi connectivity index (χ3v) is 8.72. The maximum absolute atomic E-state index is 11.5. The van der Waals surface area contributed by atoms with E-state index in [0.717, 1.165) is 6.42 Å². The zero-order chi connectivity index (χ0) is 16.1. The average Bonchev–Trinajstić information content (AvgIpc) is 2.26. The fraction of sp³-hybridized carbons (Fsp3) is 0.800. The molecule has 0 unspecified atom stereocenters. The molecule has 0 saturated heterocycles. The van der Waals surface area contributed by atoms with Crippen LogP contribution in [0.2, 0.25) is 18.1 Å². The molecule has 0 aromatic rings.